The molecule has 11 atom stereocenters. The zero-order chi connectivity index (χ0) is 50.3. The normalized spacial score (nSPS) is 25.9. The molecule has 0 saturated carbocycles. The van der Waals surface area contributed by atoms with Gasteiger partial charge in [0, 0.05) is 12.8 Å². The summed E-state index contributed by atoms with van der Waals surface area (Å²) in [6, 6.07) is 0. The van der Waals surface area contributed by atoms with Crippen molar-refractivity contribution < 1.29 is 73.8 Å². The molecule has 15 nitrogen and oxygen atoms in total. The average Bonchev–Trinajstić information content (AvgIpc) is 3.34. The number of unbranched alkanes of at least 4 members (excludes halogenated alkanes) is 20. The van der Waals surface area contributed by atoms with E-state index in [1.54, 1.807) is 0 Å². The van der Waals surface area contributed by atoms with Crippen molar-refractivity contribution >= 4 is 11.9 Å². The van der Waals surface area contributed by atoms with Gasteiger partial charge in [-0.1, -0.05) is 165 Å². The van der Waals surface area contributed by atoms with Crippen LogP contribution >= 0.6 is 0 Å². The highest BCUT2D eigenvalue weighted by Gasteiger charge is 2.47. The second-order valence-corrected chi connectivity index (χ2v) is 18.7. The van der Waals surface area contributed by atoms with Crippen molar-refractivity contribution in [2.45, 2.75) is 255 Å². The predicted octanol–water partition coefficient (Wildman–Crippen LogP) is 7.88. The smallest absolute Gasteiger partial charge is 0.306 e. The summed E-state index contributed by atoms with van der Waals surface area (Å²) in [5.41, 5.74) is 0. The molecule has 69 heavy (non-hydrogen) atoms. The number of aliphatic hydroxyl groups excluding tert-OH is 7. The van der Waals surface area contributed by atoms with Gasteiger partial charge in [0.15, 0.2) is 18.7 Å². The maximum atomic E-state index is 13.0. The van der Waals surface area contributed by atoms with Crippen LogP contribution in [0.25, 0.3) is 0 Å². The molecule has 2 fully saturated rings. The third kappa shape index (κ3) is 28.9. The van der Waals surface area contributed by atoms with E-state index in [2.05, 4.69) is 50.3 Å². The largest absolute Gasteiger partial charge is 0.462 e. The van der Waals surface area contributed by atoms with Crippen LogP contribution in [-0.2, 0) is 38.0 Å². The van der Waals surface area contributed by atoms with Gasteiger partial charge in [0.2, 0.25) is 0 Å². The fraction of sp³-hybridized carbons (Fsp3) is 0.815. The van der Waals surface area contributed by atoms with E-state index in [-0.39, 0.29) is 19.4 Å². The van der Waals surface area contributed by atoms with Crippen LogP contribution in [0, 0.1) is 0 Å². The summed E-state index contributed by atoms with van der Waals surface area (Å²) in [7, 11) is 0. The van der Waals surface area contributed by atoms with Crippen LogP contribution in [0.3, 0.4) is 0 Å². The number of hydrogen-bond donors (Lipinski definition) is 7. The topological polar surface area (TPSA) is 231 Å². The van der Waals surface area contributed by atoms with Crippen molar-refractivity contribution in [2.24, 2.45) is 0 Å². The van der Waals surface area contributed by atoms with Gasteiger partial charge < -0.3 is 64.2 Å². The number of ether oxygens (including phenoxy) is 6. The summed E-state index contributed by atoms with van der Waals surface area (Å²) in [6.45, 7) is 2.50. The standard InChI is InChI=1S/C54H94O15/c1-3-5-7-9-11-13-15-17-18-19-20-21-22-23-25-26-28-30-32-34-36-45(56)64-39-42(67-46(57)37-35-33-31-29-27-24-16-14-12-10-8-6-4-2)40-65-53-52(63)50(61)48(59)44(69-53)41-66-54-51(62)49(60)47(58)43(38-55)68-54/h13,15,17-18,24,27,31,33,42-44,47-55,58-63H,3-12,14,16,19-23,25-26,28-30,32,34-41H2,1-2H3/b15-13+,18-17+,27-24+,33-31+/t42?,43-,44-,47+,48+,49?,50?,51?,52?,53-,54-/m1/s1. The Morgan fingerprint density at radius 1 is 0.478 bits per heavy atom. The van der Waals surface area contributed by atoms with E-state index in [9.17, 15) is 45.3 Å². The molecule has 2 rings (SSSR count). The Morgan fingerprint density at radius 3 is 1.51 bits per heavy atom. The molecule has 0 radical (unpaired) electrons. The Labute approximate surface area is 414 Å². The minimum Gasteiger partial charge on any atom is -0.462 e. The molecule has 0 aromatic carbocycles. The highest BCUT2D eigenvalue weighted by atomic mass is 16.7. The van der Waals surface area contributed by atoms with Crippen LogP contribution in [0.5, 0.6) is 0 Å². The SMILES string of the molecule is CCCCCC/C=C/C=C/CCCCCCCCCCCCC(=O)OCC(CO[C@@H]1O[C@H](CO[C@@H]2O[C@H](CO)[C@H](O)C(O)C2O)[C@H](O)C(O)C1O)OC(=O)CC/C=C/C/C=C/CCCCCCCC. The van der Waals surface area contributed by atoms with E-state index in [1.165, 1.54) is 109 Å². The number of carbonyl (C=O) groups excluding carboxylic acids is 2. The van der Waals surface area contributed by atoms with Crippen molar-refractivity contribution in [1.29, 1.82) is 0 Å². The quantitative estimate of drug-likeness (QED) is 0.0134. The highest BCUT2D eigenvalue weighted by molar-refractivity contribution is 5.70. The van der Waals surface area contributed by atoms with Crippen LogP contribution in [0.2, 0.25) is 0 Å². The summed E-state index contributed by atoms with van der Waals surface area (Å²) in [4.78, 5) is 25.7. The molecule has 0 bridgehead atoms. The second-order valence-electron chi connectivity index (χ2n) is 18.7. The molecule has 0 amide bonds. The Hall–Kier alpha value is -2.54. The number of allylic oxidation sites excluding steroid dienone is 8. The maximum Gasteiger partial charge on any atom is 0.306 e. The number of hydrogen-bond acceptors (Lipinski definition) is 15. The molecule has 0 aromatic rings. The lowest BCUT2D eigenvalue weighted by atomic mass is 9.98. The first-order valence-corrected chi connectivity index (χ1v) is 26.7. The number of rotatable bonds is 41. The van der Waals surface area contributed by atoms with Crippen LogP contribution in [0.4, 0.5) is 0 Å². The molecule has 2 aliphatic rings. The molecule has 0 aliphatic carbocycles. The zero-order valence-electron chi connectivity index (χ0n) is 42.3. The van der Waals surface area contributed by atoms with Gasteiger partial charge in [-0.3, -0.25) is 9.59 Å². The monoisotopic (exact) mass is 983 g/mol. The zero-order valence-corrected chi connectivity index (χ0v) is 42.3. The molecule has 400 valence electrons. The Morgan fingerprint density at radius 2 is 0.942 bits per heavy atom. The third-order valence-corrected chi connectivity index (χ3v) is 12.6. The van der Waals surface area contributed by atoms with Crippen molar-refractivity contribution in [3.05, 3.63) is 48.6 Å². The van der Waals surface area contributed by atoms with E-state index in [1.807, 2.05) is 12.2 Å². The fourth-order valence-corrected chi connectivity index (χ4v) is 8.14. The Balaban J connectivity index is 1.79. The lowest BCUT2D eigenvalue weighted by Gasteiger charge is -2.42. The molecule has 5 unspecified atom stereocenters. The second kappa shape index (κ2) is 41.0. The van der Waals surface area contributed by atoms with Crippen LogP contribution in [0.15, 0.2) is 48.6 Å². The summed E-state index contributed by atoms with van der Waals surface area (Å²) in [6.07, 6.45) is 28.7. The molecule has 2 saturated heterocycles. The Kier molecular flexibility index (Phi) is 37.2. The predicted molar refractivity (Wildman–Crippen MR) is 266 cm³/mol. The van der Waals surface area contributed by atoms with Gasteiger partial charge in [-0.25, -0.2) is 0 Å². The van der Waals surface area contributed by atoms with Gasteiger partial charge >= 0.3 is 11.9 Å². The van der Waals surface area contributed by atoms with Gasteiger partial charge in [0.05, 0.1) is 19.8 Å². The molecular weight excluding hydrogens is 889 g/mol. The lowest BCUT2D eigenvalue weighted by Crippen LogP contribution is -2.61. The average molecular weight is 983 g/mol. The first-order valence-electron chi connectivity index (χ1n) is 26.7. The maximum absolute atomic E-state index is 13.0. The molecular formula is C54H94O15. The minimum absolute atomic E-state index is 0.0578. The number of esters is 2. The van der Waals surface area contributed by atoms with Gasteiger partial charge in [-0.05, 0) is 57.8 Å². The first kappa shape index (κ1) is 62.6. The molecule has 2 heterocycles. The van der Waals surface area contributed by atoms with E-state index in [0.717, 1.165) is 38.5 Å². The van der Waals surface area contributed by atoms with Crippen molar-refractivity contribution in [3.63, 3.8) is 0 Å². The lowest BCUT2D eigenvalue weighted by molar-refractivity contribution is -0.332. The number of aliphatic hydroxyl groups is 7. The summed E-state index contributed by atoms with van der Waals surface area (Å²) >= 11 is 0. The summed E-state index contributed by atoms with van der Waals surface area (Å²) in [5.74, 6) is -1.01. The van der Waals surface area contributed by atoms with Gasteiger partial charge in [-0.15, -0.1) is 0 Å². The van der Waals surface area contributed by atoms with Crippen LogP contribution in [-0.4, -0.2) is 142 Å². The van der Waals surface area contributed by atoms with E-state index in [4.69, 9.17) is 28.4 Å². The number of carbonyl (C=O) groups is 2. The van der Waals surface area contributed by atoms with Gasteiger partial charge in [0.1, 0.15) is 55.4 Å². The fourth-order valence-electron chi connectivity index (χ4n) is 8.14. The summed E-state index contributed by atoms with van der Waals surface area (Å²) in [5, 5.41) is 72.1. The molecule has 0 aromatic heterocycles. The highest BCUT2D eigenvalue weighted by Crippen LogP contribution is 2.26. The van der Waals surface area contributed by atoms with Crippen molar-refractivity contribution in [1.82, 2.24) is 0 Å². The first-order chi connectivity index (χ1) is 33.5. The van der Waals surface area contributed by atoms with E-state index < -0.39 is 99.3 Å². The van der Waals surface area contributed by atoms with Gasteiger partial charge in [-0.2, -0.15) is 0 Å². The van der Waals surface area contributed by atoms with Crippen molar-refractivity contribution in [3.8, 4) is 0 Å². The van der Waals surface area contributed by atoms with E-state index >= 15 is 0 Å². The van der Waals surface area contributed by atoms with Crippen LogP contribution < -0.4 is 0 Å². The molecule has 2 aliphatic heterocycles. The van der Waals surface area contributed by atoms with E-state index in [0.29, 0.717) is 12.8 Å². The summed E-state index contributed by atoms with van der Waals surface area (Å²) < 4.78 is 33.5. The van der Waals surface area contributed by atoms with Gasteiger partial charge in [0.25, 0.3) is 0 Å². The van der Waals surface area contributed by atoms with Crippen molar-refractivity contribution in [2.75, 3.05) is 26.4 Å². The Bertz CT molecular complexity index is 1390. The minimum atomic E-state index is -1.77. The molecule has 0 spiro atoms. The van der Waals surface area contributed by atoms with Crippen LogP contribution in [0.1, 0.15) is 187 Å². The third-order valence-electron chi connectivity index (χ3n) is 12.6. The molecule has 15 heteroatoms. The molecule has 7 N–H and O–H groups in total.